The minimum atomic E-state index is -1.35. The minimum Gasteiger partial charge on any atom is -0.481 e. The van der Waals surface area contributed by atoms with Gasteiger partial charge in [-0.1, -0.05) is 30.3 Å². The molecule has 0 spiro atoms. The molecule has 1 aromatic carbocycles. The highest BCUT2D eigenvalue weighted by molar-refractivity contribution is 5.95. The lowest BCUT2D eigenvalue weighted by molar-refractivity contribution is -0.162. The fourth-order valence-electron chi connectivity index (χ4n) is 3.93. The summed E-state index contributed by atoms with van der Waals surface area (Å²) in [5.74, 6) is -1.28. The molecule has 0 saturated carbocycles. The van der Waals surface area contributed by atoms with Crippen LogP contribution in [0.25, 0.3) is 0 Å². The van der Waals surface area contributed by atoms with Crippen LogP contribution in [0.5, 0.6) is 0 Å². The largest absolute Gasteiger partial charge is 0.481 e. The zero-order valence-electron chi connectivity index (χ0n) is 16.0. The first-order valence-corrected chi connectivity index (χ1v) is 9.59. The Kier molecular flexibility index (Phi) is 6.09. The van der Waals surface area contributed by atoms with Crippen LogP contribution in [0.1, 0.15) is 40.7 Å². The van der Waals surface area contributed by atoms with Gasteiger partial charge >= 0.3 is 5.97 Å². The highest BCUT2D eigenvalue weighted by atomic mass is 16.4. The summed E-state index contributed by atoms with van der Waals surface area (Å²) in [7, 11) is 0. The molecule has 1 aromatic heterocycles. The maximum Gasteiger partial charge on any atom is 0.314 e. The molecule has 28 heavy (non-hydrogen) atoms. The molecule has 0 unspecified atom stereocenters. The summed E-state index contributed by atoms with van der Waals surface area (Å²) in [6.45, 7) is 2.17. The number of nitrogens with zero attached hydrogens (tertiary/aromatic N) is 2. The van der Waals surface area contributed by atoms with Crippen molar-refractivity contribution in [2.45, 2.75) is 38.7 Å². The Hall–Kier alpha value is -2.73. The maximum atomic E-state index is 12.9. The summed E-state index contributed by atoms with van der Waals surface area (Å²) in [5.41, 5.74) is 1.06. The number of benzene rings is 1. The third-order valence-corrected chi connectivity index (χ3v) is 5.70. The Labute approximate surface area is 164 Å². The van der Waals surface area contributed by atoms with Crippen molar-refractivity contribution in [2.24, 2.45) is 5.41 Å². The van der Waals surface area contributed by atoms with E-state index in [4.69, 9.17) is 0 Å². The first-order valence-electron chi connectivity index (χ1n) is 9.59. The number of aromatic nitrogens is 1. The summed E-state index contributed by atoms with van der Waals surface area (Å²) < 4.78 is 0. The second kappa shape index (κ2) is 8.52. The minimum absolute atomic E-state index is 0.00541. The van der Waals surface area contributed by atoms with Gasteiger partial charge in [-0.3, -0.25) is 14.6 Å². The number of pyridine rings is 1. The highest BCUT2D eigenvalue weighted by Crippen LogP contribution is 2.36. The van der Waals surface area contributed by atoms with E-state index in [1.54, 1.807) is 17.2 Å². The van der Waals surface area contributed by atoms with Crippen molar-refractivity contribution >= 4 is 11.9 Å². The van der Waals surface area contributed by atoms with E-state index in [2.05, 4.69) is 4.98 Å². The number of likely N-dealkylation sites (tertiary alicyclic amines) is 1. The van der Waals surface area contributed by atoms with Crippen LogP contribution in [0.15, 0.2) is 48.8 Å². The van der Waals surface area contributed by atoms with E-state index >= 15 is 0 Å². The predicted octanol–water partition coefficient (Wildman–Crippen LogP) is 2.69. The lowest BCUT2D eigenvalue weighted by atomic mass is 9.73. The molecule has 1 fully saturated rings. The van der Waals surface area contributed by atoms with Crippen LogP contribution < -0.4 is 0 Å². The van der Waals surface area contributed by atoms with E-state index in [1.165, 1.54) is 6.20 Å². The van der Waals surface area contributed by atoms with Gasteiger partial charge in [0.15, 0.2) is 0 Å². The van der Waals surface area contributed by atoms with Gasteiger partial charge in [-0.2, -0.15) is 0 Å². The number of rotatable bonds is 6. The molecule has 1 aliphatic rings. The second-order valence-electron chi connectivity index (χ2n) is 7.52. The maximum absolute atomic E-state index is 12.9. The molecule has 2 aromatic rings. The quantitative estimate of drug-likeness (QED) is 0.802. The van der Waals surface area contributed by atoms with Crippen molar-refractivity contribution in [1.82, 2.24) is 9.88 Å². The van der Waals surface area contributed by atoms with Gasteiger partial charge in [0.05, 0.1) is 11.7 Å². The van der Waals surface area contributed by atoms with Crippen LogP contribution in [-0.2, 0) is 11.2 Å². The highest BCUT2D eigenvalue weighted by Gasteiger charge is 2.49. The molecule has 2 atom stereocenters. The molecule has 1 amide bonds. The van der Waals surface area contributed by atoms with E-state index < -0.39 is 17.5 Å². The number of carbonyl (C=O) groups excluding carboxylic acids is 1. The van der Waals surface area contributed by atoms with E-state index in [-0.39, 0.29) is 18.9 Å². The molecular formula is C22H26N2O4. The molecule has 3 rings (SSSR count). The molecule has 2 heterocycles. The van der Waals surface area contributed by atoms with Crippen LogP contribution >= 0.6 is 0 Å². The van der Waals surface area contributed by atoms with E-state index in [0.29, 0.717) is 24.9 Å². The number of aliphatic hydroxyl groups is 1. The average Bonchev–Trinajstić information content (AvgIpc) is 2.70. The Morgan fingerprint density at radius 2 is 2.00 bits per heavy atom. The Balaban J connectivity index is 1.76. The SMILES string of the molecule is Cc1ccncc1C(=O)N1CC[C@H](O)[C@](CCCc2ccccc2)(C(=O)O)C1. The number of aryl methyl sites for hydroxylation is 2. The fourth-order valence-corrected chi connectivity index (χ4v) is 3.93. The second-order valence-corrected chi connectivity index (χ2v) is 7.52. The third kappa shape index (κ3) is 4.07. The van der Waals surface area contributed by atoms with Crippen LogP contribution in [0.2, 0.25) is 0 Å². The number of piperidine rings is 1. The Morgan fingerprint density at radius 3 is 2.68 bits per heavy atom. The summed E-state index contributed by atoms with van der Waals surface area (Å²) >= 11 is 0. The van der Waals surface area contributed by atoms with Gasteiger partial charge in [0.25, 0.3) is 5.91 Å². The van der Waals surface area contributed by atoms with Crippen LogP contribution in [-0.4, -0.2) is 51.2 Å². The van der Waals surface area contributed by atoms with E-state index in [1.807, 2.05) is 37.3 Å². The zero-order chi connectivity index (χ0) is 20.1. The smallest absolute Gasteiger partial charge is 0.314 e. The summed E-state index contributed by atoms with van der Waals surface area (Å²) in [6.07, 6.45) is 4.09. The summed E-state index contributed by atoms with van der Waals surface area (Å²) in [6, 6.07) is 11.6. The number of hydrogen-bond acceptors (Lipinski definition) is 4. The van der Waals surface area contributed by atoms with Gasteiger partial charge in [0.1, 0.15) is 5.41 Å². The number of carboxylic acid groups (broad SMARTS) is 1. The average molecular weight is 382 g/mol. The summed E-state index contributed by atoms with van der Waals surface area (Å²) in [4.78, 5) is 30.7. The van der Waals surface area contributed by atoms with Crippen molar-refractivity contribution in [2.75, 3.05) is 13.1 Å². The number of carboxylic acids is 1. The monoisotopic (exact) mass is 382 g/mol. The number of aliphatic hydroxyl groups excluding tert-OH is 1. The lowest BCUT2D eigenvalue weighted by Crippen LogP contribution is -2.57. The Morgan fingerprint density at radius 1 is 1.25 bits per heavy atom. The molecule has 6 nitrogen and oxygen atoms in total. The molecular weight excluding hydrogens is 356 g/mol. The molecule has 0 aliphatic carbocycles. The van der Waals surface area contributed by atoms with Gasteiger partial charge in [-0.15, -0.1) is 0 Å². The number of amides is 1. The lowest BCUT2D eigenvalue weighted by Gasteiger charge is -2.43. The number of hydrogen-bond donors (Lipinski definition) is 2. The van der Waals surface area contributed by atoms with E-state index in [0.717, 1.165) is 17.5 Å². The van der Waals surface area contributed by atoms with Gasteiger partial charge in [-0.05, 0) is 49.8 Å². The van der Waals surface area contributed by atoms with Crippen molar-refractivity contribution in [1.29, 1.82) is 0 Å². The fraction of sp³-hybridized carbons (Fsp3) is 0.409. The van der Waals surface area contributed by atoms with Gasteiger partial charge in [0, 0.05) is 25.5 Å². The molecule has 0 radical (unpaired) electrons. The van der Waals surface area contributed by atoms with Crippen molar-refractivity contribution in [3.63, 3.8) is 0 Å². The summed E-state index contributed by atoms with van der Waals surface area (Å²) in [5, 5.41) is 20.6. The molecule has 2 N–H and O–H groups in total. The molecule has 1 saturated heterocycles. The third-order valence-electron chi connectivity index (χ3n) is 5.70. The number of aliphatic carboxylic acids is 1. The van der Waals surface area contributed by atoms with E-state index in [9.17, 15) is 19.8 Å². The number of carbonyl (C=O) groups is 2. The molecule has 6 heteroatoms. The van der Waals surface area contributed by atoms with Crippen LogP contribution in [0, 0.1) is 12.3 Å². The molecule has 148 valence electrons. The molecule has 0 bridgehead atoms. The van der Waals surface area contributed by atoms with Crippen molar-refractivity contribution in [3.8, 4) is 0 Å². The standard InChI is InChI=1S/C22H26N2O4/c1-16-9-12-23-14-18(16)20(26)24-13-10-19(25)22(15-24,21(27)28)11-5-8-17-6-3-2-4-7-17/h2-4,6-7,9,12,14,19,25H,5,8,10-11,13,15H2,1H3,(H,27,28)/t19-,22+/m0/s1. The van der Waals surface area contributed by atoms with Crippen LogP contribution in [0.3, 0.4) is 0 Å². The first-order chi connectivity index (χ1) is 13.4. The molecule has 1 aliphatic heterocycles. The van der Waals surface area contributed by atoms with Crippen molar-refractivity contribution < 1.29 is 19.8 Å². The van der Waals surface area contributed by atoms with Crippen molar-refractivity contribution in [3.05, 3.63) is 65.5 Å². The van der Waals surface area contributed by atoms with Gasteiger partial charge in [-0.25, -0.2) is 0 Å². The first kappa shape index (κ1) is 20.0. The zero-order valence-corrected chi connectivity index (χ0v) is 16.0. The predicted molar refractivity (Wildman–Crippen MR) is 105 cm³/mol. The normalized spacial score (nSPS) is 22.1. The topological polar surface area (TPSA) is 90.7 Å². The van der Waals surface area contributed by atoms with Gasteiger partial charge in [0.2, 0.25) is 0 Å². The van der Waals surface area contributed by atoms with Gasteiger partial charge < -0.3 is 15.1 Å². The van der Waals surface area contributed by atoms with Crippen LogP contribution in [0.4, 0.5) is 0 Å². The Bertz CT molecular complexity index is 839.